The second-order valence-corrected chi connectivity index (χ2v) is 5.34. The molecule has 0 unspecified atom stereocenters. The third kappa shape index (κ3) is 2.73. The van der Waals surface area contributed by atoms with Crippen LogP contribution in [0.4, 0.5) is 5.69 Å². The molecular formula is C17H12ClNO3. The predicted octanol–water partition coefficient (Wildman–Crippen LogP) is 4.01. The van der Waals surface area contributed by atoms with Gasteiger partial charge in [-0.15, -0.1) is 0 Å². The molecule has 22 heavy (non-hydrogen) atoms. The molecule has 0 fully saturated rings. The van der Waals surface area contributed by atoms with E-state index in [2.05, 4.69) is 5.32 Å². The highest BCUT2D eigenvalue weighted by molar-refractivity contribution is 6.30. The number of carbonyl (C=O) groups is 1. The summed E-state index contributed by atoms with van der Waals surface area (Å²) in [4.78, 5) is 24.3. The van der Waals surface area contributed by atoms with E-state index in [0.29, 0.717) is 21.7 Å². The van der Waals surface area contributed by atoms with Crippen molar-refractivity contribution in [3.05, 3.63) is 75.1 Å². The van der Waals surface area contributed by atoms with Crippen molar-refractivity contribution < 1.29 is 9.21 Å². The Morgan fingerprint density at radius 2 is 1.86 bits per heavy atom. The lowest BCUT2D eigenvalue weighted by atomic mass is 10.1. The number of para-hydroxylation sites is 1. The van der Waals surface area contributed by atoms with Crippen LogP contribution in [0.5, 0.6) is 0 Å². The zero-order valence-corrected chi connectivity index (χ0v) is 12.5. The molecule has 0 saturated heterocycles. The van der Waals surface area contributed by atoms with Crippen LogP contribution in [0.15, 0.2) is 57.7 Å². The van der Waals surface area contributed by atoms with Crippen molar-refractivity contribution in [2.45, 2.75) is 6.92 Å². The first kappa shape index (κ1) is 14.4. The van der Waals surface area contributed by atoms with Gasteiger partial charge in [-0.3, -0.25) is 4.79 Å². The van der Waals surface area contributed by atoms with Crippen LogP contribution in [0, 0.1) is 6.92 Å². The maximum atomic E-state index is 12.2. The Morgan fingerprint density at radius 3 is 2.59 bits per heavy atom. The number of fused-ring (bicyclic) bond motifs is 1. The van der Waals surface area contributed by atoms with E-state index in [1.54, 1.807) is 36.4 Å². The number of hydrogen-bond acceptors (Lipinski definition) is 3. The standard InChI is InChI=1S/C17H12ClNO3/c1-10-3-2-4-11-9-14(17(21)22-15(10)11)16(20)19-13-7-5-12(18)6-8-13/h2-9H,1H3,(H,19,20). The highest BCUT2D eigenvalue weighted by atomic mass is 35.5. The molecule has 0 aliphatic carbocycles. The van der Waals surface area contributed by atoms with Gasteiger partial charge < -0.3 is 9.73 Å². The largest absolute Gasteiger partial charge is 0.422 e. The molecule has 0 aliphatic heterocycles. The molecule has 0 bridgehead atoms. The summed E-state index contributed by atoms with van der Waals surface area (Å²) >= 11 is 5.79. The highest BCUT2D eigenvalue weighted by Gasteiger charge is 2.14. The van der Waals surface area contributed by atoms with Gasteiger partial charge in [0.05, 0.1) is 0 Å². The quantitative estimate of drug-likeness (QED) is 0.727. The summed E-state index contributed by atoms with van der Waals surface area (Å²) in [5.74, 6) is -0.514. The van der Waals surface area contributed by atoms with E-state index in [4.69, 9.17) is 16.0 Å². The van der Waals surface area contributed by atoms with E-state index in [0.717, 1.165) is 5.56 Å². The third-order valence-electron chi connectivity index (χ3n) is 3.30. The monoisotopic (exact) mass is 313 g/mol. The lowest BCUT2D eigenvalue weighted by molar-refractivity contribution is 0.102. The van der Waals surface area contributed by atoms with E-state index in [1.165, 1.54) is 0 Å². The maximum Gasteiger partial charge on any atom is 0.349 e. The fourth-order valence-corrected chi connectivity index (χ4v) is 2.31. The summed E-state index contributed by atoms with van der Waals surface area (Å²) in [6.07, 6.45) is 0. The molecule has 4 nitrogen and oxygen atoms in total. The fourth-order valence-electron chi connectivity index (χ4n) is 2.18. The van der Waals surface area contributed by atoms with E-state index in [9.17, 15) is 9.59 Å². The lowest BCUT2D eigenvalue weighted by Gasteiger charge is -2.06. The van der Waals surface area contributed by atoms with Crippen molar-refractivity contribution in [1.82, 2.24) is 0 Å². The molecule has 1 heterocycles. The first-order chi connectivity index (χ1) is 10.5. The molecule has 3 rings (SSSR count). The van der Waals surface area contributed by atoms with Crippen molar-refractivity contribution in [2.75, 3.05) is 5.32 Å². The Bertz CT molecular complexity index is 913. The van der Waals surface area contributed by atoms with Gasteiger partial charge in [0.2, 0.25) is 0 Å². The molecule has 5 heteroatoms. The van der Waals surface area contributed by atoms with E-state index in [-0.39, 0.29) is 5.56 Å². The molecule has 110 valence electrons. The first-order valence-electron chi connectivity index (χ1n) is 6.65. The number of aryl methyl sites for hydroxylation is 1. The zero-order chi connectivity index (χ0) is 15.7. The van der Waals surface area contributed by atoms with Crippen molar-refractivity contribution >= 4 is 34.2 Å². The van der Waals surface area contributed by atoms with Gasteiger partial charge in [-0.2, -0.15) is 0 Å². The van der Waals surface area contributed by atoms with Gasteiger partial charge in [0.15, 0.2) is 0 Å². The fraction of sp³-hybridized carbons (Fsp3) is 0.0588. The molecule has 0 spiro atoms. The van der Waals surface area contributed by atoms with Gasteiger partial charge in [0, 0.05) is 16.1 Å². The summed E-state index contributed by atoms with van der Waals surface area (Å²) < 4.78 is 5.26. The van der Waals surface area contributed by atoms with Crippen molar-refractivity contribution in [3.8, 4) is 0 Å². The molecule has 1 N–H and O–H groups in total. The highest BCUT2D eigenvalue weighted by Crippen LogP contribution is 2.18. The molecule has 3 aromatic rings. The number of rotatable bonds is 2. The maximum absolute atomic E-state index is 12.2. The van der Waals surface area contributed by atoms with Crippen LogP contribution in [0.2, 0.25) is 5.02 Å². The first-order valence-corrected chi connectivity index (χ1v) is 7.03. The van der Waals surface area contributed by atoms with E-state index < -0.39 is 11.5 Å². The van der Waals surface area contributed by atoms with Crippen LogP contribution in [-0.4, -0.2) is 5.91 Å². The Hall–Kier alpha value is -2.59. The Morgan fingerprint density at radius 1 is 1.14 bits per heavy atom. The molecular weight excluding hydrogens is 302 g/mol. The lowest BCUT2D eigenvalue weighted by Crippen LogP contribution is -2.20. The van der Waals surface area contributed by atoms with Crippen LogP contribution >= 0.6 is 11.6 Å². The smallest absolute Gasteiger partial charge is 0.349 e. The minimum Gasteiger partial charge on any atom is -0.422 e. The van der Waals surface area contributed by atoms with Crippen molar-refractivity contribution in [1.29, 1.82) is 0 Å². The van der Waals surface area contributed by atoms with Crippen LogP contribution in [0.1, 0.15) is 15.9 Å². The van der Waals surface area contributed by atoms with Gasteiger partial charge in [-0.05, 0) is 42.8 Å². The third-order valence-corrected chi connectivity index (χ3v) is 3.56. The molecule has 0 aliphatic rings. The van der Waals surface area contributed by atoms with Crippen molar-refractivity contribution in [3.63, 3.8) is 0 Å². The summed E-state index contributed by atoms with van der Waals surface area (Å²) in [7, 11) is 0. The number of hydrogen-bond donors (Lipinski definition) is 1. The number of nitrogens with one attached hydrogen (secondary N) is 1. The number of carbonyl (C=O) groups excluding carboxylic acids is 1. The second-order valence-electron chi connectivity index (χ2n) is 4.90. The van der Waals surface area contributed by atoms with Crippen LogP contribution < -0.4 is 10.9 Å². The Labute approximate surface area is 131 Å². The second kappa shape index (κ2) is 5.66. The summed E-state index contributed by atoms with van der Waals surface area (Å²) in [6, 6.07) is 13.7. The normalized spacial score (nSPS) is 10.6. The molecule has 1 aromatic heterocycles. The molecule has 0 radical (unpaired) electrons. The van der Waals surface area contributed by atoms with Crippen LogP contribution in [0.25, 0.3) is 11.0 Å². The minimum absolute atomic E-state index is 0.0342. The van der Waals surface area contributed by atoms with Crippen molar-refractivity contribution in [2.24, 2.45) is 0 Å². The van der Waals surface area contributed by atoms with E-state index in [1.807, 2.05) is 19.1 Å². The number of anilines is 1. The minimum atomic E-state index is -0.659. The van der Waals surface area contributed by atoms with Crippen LogP contribution in [-0.2, 0) is 0 Å². The molecule has 1 amide bonds. The summed E-state index contributed by atoms with van der Waals surface area (Å²) in [6.45, 7) is 1.85. The SMILES string of the molecule is Cc1cccc2cc(C(=O)Nc3ccc(Cl)cc3)c(=O)oc12. The molecule has 0 atom stereocenters. The van der Waals surface area contributed by atoms with Gasteiger partial charge in [0.1, 0.15) is 11.1 Å². The predicted molar refractivity (Wildman–Crippen MR) is 86.6 cm³/mol. The van der Waals surface area contributed by atoms with Gasteiger partial charge in [-0.25, -0.2) is 4.79 Å². The van der Waals surface area contributed by atoms with Crippen LogP contribution in [0.3, 0.4) is 0 Å². The Kier molecular flexibility index (Phi) is 3.69. The number of amides is 1. The topological polar surface area (TPSA) is 59.3 Å². The van der Waals surface area contributed by atoms with Gasteiger partial charge in [-0.1, -0.05) is 29.8 Å². The Balaban J connectivity index is 1.99. The van der Waals surface area contributed by atoms with E-state index >= 15 is 0 Å². The van der Waals surface area contributed by atoms with Gasteiger partial charge >= 0.3 is 5.63 Å². The molecule has 0 saturated carbocycles. The van der Waals surface area contributed by atoms with Gasteiger partial charge in [0.25, 0.3) is 5.91 Å². The average Bonchev–Trinajstić information content (AvgIpc) is 2.50. The summed E-state index contributed by atoms with van der Waals surface area (Å²) in [5.41, 5.74) is 1.20. The summed E-state index contributed by atoms with van der Waals surface area (Å²) in [5, 5.41) is 3.93. The zero-order valence-electron chi connectivity index (χ0n) is 11.7. The molecule has 2 aromatic carbocycles. The average molecular weight is 314 g/mol. The number of benzene rings is 2. The number of halogens is 1.